The molecule has 2 unspecified atom stereocenters. The Balaban J connectivity index is 1.63. The van der Waals surface area contributed by atoms with Crippen LogP contribution in [-0.2, 0) is 4.74 Å². The third-order valence-corrected chi connectivity index (χ3v) is 4.21. The van der Waals surface area contributed by atoms with E-state index in [0.29, 0.717) is 12.1 Å². The summed E-state index contributed by atoms with van der Waals surface area (Å²) in [6, 6.07) is 1.17. The van der Waals surface area contributed by atoms with Crippen molar-refractivity contribution < 1.29 is 4.74 Å². The van der Waals surface area contributed by atoms with Gasteiger partial charge in [-0.25, -0.2) is 0 Å². The summed E-state index contributed by atoms with van der Waals surface area (Å²) < 4.78 is 5.58. The Labute approximate surface area is 103 Å². The van der Waals surface area contributed by atoms with E-state index in [4.69, 9.17) is 10.5 Å². The molecule has 2 saturated heterocycles. The SMILES string of the molecule is NC1C=NCCC1N1CCN2CCOC[C@H]2C1. The van der Waals surface area contributed by atoms with Gasteiger partial charge in [0.2, 0.25) is 0 Å². The zero-order valence-corrected chi connectivity index (χ0v) is 10.3. The maximum Gasteiger partial charge on any atom is 0.0634 e. The molecule has 96 valence electrons. The number of morpholine rings is 1. The van der Waals surface area contributed by atoms with Crippen molar-refractivity contribution in [1.29, 1.82) is 0 Å². The summed E-state index contributed by atoms with van der Waals surface area (Å²) in [6.07, 6.45) is 3.03. The van der Waals surface area contributed by atoms with Gasteiger partial charge in [0.25, 0.3) is 0 Å². The first-order valence-corrected chi connectivity index (χ1v) is 6.66. The predicted molar refractivity (Wildman–Crippen MR) is 67.5 cm³/mol. The van der Waals surface area contributed by atoms with E-state index in [-0.39, 0.29) is 6.04 Å². The first kappa shape index (κ1) is 11.6. The summed E-state index contributed by atoms with van der Waals surface area (Å²) in [5.41, 5.74) is 6.14. The van der Waals surface area contributed by atoms with Crippen LogP contribution in [0.25, 0.3) is 0 Å². The predicted octanol–water partition coefficient (Wildman–Crippen LogP) is -0.827. The van der Waals surface area contributed by atoms with Crippen LogP contribution >= 0.6 is 0 Å². The van der Waals surface area contributed by atoms with Gasteiger partial charge in [0.05, 0.1) is 19.3 Å². The number of nitrogens with two attached hydrogens (primary N) is 1. The zero-order chi connectivity index (χ0) is 11.7. The molecule has 0 spiro atoms. The minimum Gasteiger partial charge on any atom is -0.378 e. The van der Waals surface area contributed by atoms with E-state index in [1.165, 1.54) is 0 Å². The second kappa shape index (κ2) is 5.02. The molecule has 5 heteroatoms. The van der Waals surface area contributed by atoms with Crippen LogP contribution < -0.4 is 5.73 Å². The van der Waals surface area contributed by atoms with E-state index in [2.05, 4.69) is 14.8 Å². The van der Waals surface area contributed by atoms with Crippen LogP contribution in [0.15, 0.2) is 4.99 Å². The Morgan fingerprint density at radius 1 is 1.24 bits per heavy atom. The van der Waals surface area contributed by atoms with E-state index in [0.717, 1.165) is 52.4 Å². The van der Waals surface area contributed by atoms with Gasteiger partial charge in [-0.1, -0.05) is 0 Å². The van der Waals surface area contributed by atoms with Crippen LogP contribution in [-0.4, -0.2) is 80.1 Å². The van der Waals surface area contributed by atoms with Crippen molar-refractivity contribution in [3.05, 3.63) is 0 Å². The van der Waals surface area contributed by atoms with E-state index < -0.39 is 0 Å². The molecule has 17 heavy (non-hydrogen) atoms. The van der Waals surface area contributed by atoms with Crippen LogP contribution in [0.1, 0.15) is 6.42 Å². The van der Waals surface area contributed by atoms with Gasteiger partial charge in [0.1, 0.15) is 0 Å². The second-order valence-electron chi connectivity index (χ2n) is 5.25. The van der Waals surface area contributed by atoms with Gasteiger partial charge < -0.3 is 10.5 Å². The largest absolute Gasteiger partial charge is 0.378 e. The van der Waals surface area contributed by atoms with Gasteiger partial charge in [0.15, 0.2) is 0 Å². The molecule has 5 nitrogen and oxygen atoms in total. The highest BCUT2D eigenvalue weighted by Gasteiger charge is 2.34. The molecule has 0 radical (unpaired) electrons. The highest BCUT2D eigenvalue weighted by Crippen LogP contribution is 2.19. The summed E-state index contributed by atoms with van der Waals surface area (Å²) in [4.78, 5) is 9.38. The Hall–Kier alpha value is -0.490. The van der Waals surface area contributed by atoms with Crippen molar-refractivity contribution in [3.8, 4) is 0 Å². The number of aliphatic imine (C=N–C) groups is 1. The molecule has 3 aliphatic rings. The van der Waals surface area contributed by atoms with Crippen LogP contribution in [0.3, 0.4) is 0 Å². The fourth-order valence-corrected chi connectivity index (χ4v) is 3.19. The number of ether oxygens (including phenoxy) is 1. The first-order chi connectivity index (χ1) is 8.34. The molecule has 0 bridgehead atoms. The lowest BCUT2D eigenvalue weighted by Crippen LogP contribution is -2.63. The molecule has 0 amide bonds. The van der Waals surface area contributed by atoms with Crippen molar-refractivity contribution in [2.24, 2.45) is 10.7 Å². The molecular weight excluding hydrogens is 216 g/mol. The van der Waals surface area contributed by atoms with Crippen molar-refractivity contribution in [2.45, 2.75) is 24.5 Å². The smallest absolute Gasteiger partial charge is 0.0634 e. The Morgan fingerprint density at radius 3 is 3.00 bits per heavy atom. The minimum absolute atomic E-state index is 0.111. The van der Waals surface area contributed by atoms with Crippen LogP contribution in [0.2, 0.25) is 0 Å². The number of nitrogens with zero attached hydrogens (tertiary/aromatic N) is 3. The fourth-order valence-electron chi connectivity index (χ4n) is 3.19. The average molecular weight is 238 g/mol. The quantitative estimate of drug-likeness (QED) is 0.648. The monoisotopic (exact) mass is 238 g/mol. The molecule has 0 aliphatic carbocycles. The Morgan fingerprint density at radius 2 is 2.12 bits per heavy atom. The standard InChI is InChI=1S/C12H22N4O/c13-11-7-14-2-1-12(11)16-4-3-15-5-6-17-9-10(15)8-16/h7,10-12H,1-6,8-9,13H2/t10-,11?,12?/m1/s1. The molecule has 0 aromatic carbocycles. The van der Waals surface area contributed by atoms with E-state index in [1.807, 2.05) is 6.21 Å². The number of hydrogen-bond acceptors (Lipinski definition) is 5. The van der Waals surface area contributed by atoms with E-state index in [9.17, 15) is 0 Å². The molecule has 3 heterocycles. The maximum absolute atomic E-state index is 6.14. The van der Waals surface area contributed by atoms with Gasteiger partial charge >= 0.3 is 0 Å². The van der Waals surface area contributed by atoms with Gasteiger partial charge in [-0.05, 0) is 6.42 Å². The fraction of sp³-hybridized carbons (Fsp3) is 0.917. The number of rotatable bonds is 1. The molecule has 0 aromatic heterocycles. The van der Waals surface area contributed by atoms with Gasteiger partial charge in [0, 0.05) is 51.0 Å². The van der Waals surface area contributed by atoms with Crippen LogP contribution in [0.5, 0.6) is 0 Å². The van der Waals surface area contributed by atoms with Crippen molar-refractivity contribution in [1.82, 2.24) is 9.80 Å². The third-order valence-electron chi connectivity index (χ3n) is 4.21. The summed E-state index contributed by atoms with van der Waals surface area (Å²) in [5, 5.41) is 0. The number of piperazine rings is 1. The second-order valence-corrected chi connectivity index (χ2v) is 5.25. The first-order valence-electron chi connectivity index (χ1n) is 6.66. The summed E-state index contributed by atoms with van der Waals surface area (Å²) in [7, 11) is 0. The van der Waals surface area contributed by atoms with E-state index >= 15 is 0 Å². The molecule has 3 aliphatic heterocycles. The summed E-state index contributed by atoms with van der Waals surface area (Å²) in [6.45, 7) is 7.21. The van der Waals surface area contributed by atoms with Gasteiger partial charge in [-0.15, -0.1) is 0 Å². The maximum atomic E-state index is 6.14. The zero-order valence-electron chi connectivity index (χ0n) is 10.3. The lowest BCUT2D eigenvalue weighted by Gasteiger charge is -2.47. The molecular formula is C12H22N4O. The molecule has 2 fully saturated rings. The summed E-state index contributed by atoms with van der Waals surface area (Å²) >= 11 is 0. The highest BCUT2D eigenvalue weighted by molar-refractivity contribution is 5.66. The minimum atomic E-state index is 0.111. The van der Waals surface area contributed by atoms with Crippen molar-refractivity contribution in [3.63, 3.8) is 0 Å². The molecule has 3 rings (SSSR count). The highest BCUT2D eigenvalue weighted by atomic mass is 16.5. The molecule has 0 aromatic rings. The van der Waals surface area contributed by atoms with Gasteiger partial charge in [-0.2, -0.15) is 0 Å². The van der Waals surface area contributed by atoms with Crippen molar-refractivity contribution >= 4 is 6.21 Å². The third kappa shape index (κ3) is 2.38. The van der Waals surface area contributed by atoms with E-state index in [1.54, 1.807) is 0 Å². The van der Waals surface area contributed by atoms with Gasteiger partial charge in [-0.3, -0.25) is 14.8 Å². The lowest BCUT2D eigenvalue weighted by atomic mass is 9.99. The Kier molecular flexibility index (Phi) is 3.42. The normalized spacial score (nSPS) is 40.2. The summed E-state index contributed by atoms with van der Waals surface area (Å²) in [5.74, 6) is 0. The number of fused-ring (bicyclic) bond motifs is 1. The number of hydrogen-bond donors (Lipinski definition) is 1. The van der Waals surface area contributed by atoms with Crippen LogP contribution in [0.4, 0.5) is 0 Å². The topological polar surface area (TPSA) is 54.1 Å². The molecule has 2 N–H and O–H groups in total. The Bertz CT molecular complexity index is 296. The molecule has 0 saturated carbocycles. The van der Waals surface area contributed by atoms with Crippen molar-refractivity contribution in [2.75, 3.05) is 45.9 Å². The average Bonchev–Trinajstić information content (AvgIpc) is 2.39. The van der Waals surface area contributed by atoms with Crippen LogP contribution in [0, 0.1) is 0 Å². The lowest BCUT2D eigenvalue weighted by molar-refractivity contribution is -0.0541. The molecule has 3 atom stereocenters.